The van der Waals surface area contributed by atoms with E-state index in [1.807, 2.05) is 12.1 Å². The van der Waals surface area contributed by atoms with E-state index in [2.05, 4.69) is 19.9 Å². The van der Waals surface area contributed by atoms with Gasteiger partial charge in [0, 0.05) is 6.42 Å². The number of nitrogens with zero attached hydrogens (tertiary/aromatic N) is 4. The summed E-state index contributed by atoms with van der Waals surface area (Å²) in [7, 11) is 0. The minimum Gasteiger partial charge on any atom is -0.543 e. The molecule has 1 fully saturated rings. The molecule has 4 rings (SSSR count). The second-order valence-electron chi connectivity index (χ2n) is 7.52. The molecule has 0 spiro atoms. The SMILES string of the molecule is Fc1ccc(Cn2c(CC3CCNCC3)nc3cncnc32)cc1.O=C([O-])C(=O)[O-].O=C([O-])C(=O)[O-]. The lowest BCUT2D eigenvalue weighted by molar-refractivity contribution is -0.345. The third kappa shape index (κ3) is 8.72. The van der Waals surface area contributed by atoms with Gasteiger partial charge in [-0.2, -0.15) is 0 Å². The molecule has 0 atom stereocenters. The summed E-state index contributed by atoms with van der Waals surface area (Å²) in [4.78, 5) is 49.0. The summed E-state index contributed by atoms with van der Waals surface area (Å²) in [5.74, 6) is -7.27. The molecule has 3 heterocycles. The minimum absolute atomic E-state index is 0.216. The molecule has 0 aliphatic carbocycles. The molecular weight excluding hydrogens is 481 g/mol. The maximum absolute atomic E-state index is 13.2. The molecule has 36 heavy (non-hydrogen) atoms. The fraction of sp³-hybridized carbons (Fsp3) is 0.318. The van der Waals surface area contributed by atoms with Gasteiger partial charge in [-0.25, -0.2) is 19.3 Å². The van der Waals surface area contributed by atoms with E-state index >= 15 is 0 Å². The Morgan fingerprint density at radius 3 is 2.03 bits per heavy atom. The molecule has 3 aromatic rings. The van der Waals surface area contributed by atoms with Gasteiger partial charge in [0.05, 0.1) is 36.6 Å². The van der Waals surface area contributed by atoms with Crippen molar-refractivity contribution < 1.29 is 44.0 Å². The van der Waals surface area contributed by atoms with Gasteiger partial charge >= 0.3 is 0 Å². The Hall–Kier alpha value is -4.46. The summed E-state index contributed by atoms with van der Waals surface area (Å²) in [6.45, 7) is 2.79. The molecule has 0 bridgehead atoms. The van der Waals surface area contributed by atoms with Crippen molar-refractivity contribution in [2.24, 2.45) is 5.92 Å². The highest BCUT2D eigenvalue weighted by atomic mass is 19.1. The molecule has 0 unspecified atom stereocenters. The van der Waals surface area contributed by atoms with Gasteiger partial charge in [0.1, 0.15) is 23.5 Å². The van der Waals surface area contributed by atoms with E-state index in [4.69, 9.17) is 44.6 Å². The van der Waals surface area contributed by atoms with E-state index in [0.717, 1.165) is 42.1 Å². The molecule has 1 saturated heterocycles. The van der Waals surface area contributed by atoms with Gasteiger partial charge in [-0.05, 0) is 49.5 Å². The van der Waals surface area contributed by atoms with E-state index < -0.39 is 23.9 Å². The van der Waals surface area contributed by atoms with Gasteiger partial charge in [0.2, 0.25) is 0 Å². The summed E-state index contributed by atoms with van der Waals surface area (Å²) in [6, 6.07) is 6.62. The lowest BCUT2D eigenvalue weighted by Gasteiger charge is -2.22. The lowest BCUT2D eigenvalue weighted by Crippen LogP contribution is -2.42. The number of rotatable bonds is 4. The van der Waals surface area contributed by atoms with Crippen LogP contribution in [0, 0.1) is 11.7 Å². The van der Waals surface area contributed by atoms with Crippen LogP contribution >= 0.6 is 0 Å². The van der Waals surface area contributed by atoms with E-state index in [1.165, 1.54) is 25.0 Å². The molecular formula is C22H20FN5O8-4. The number of hydrogen-bond acceptors (Lipinski definition) is 12. The van der Waals surface area contributed by atoms with Crippen LogP contribution in [0.15, 0.2) is 36.8 Å². The summed E-state index contributed by atoms with van der Waals surface area (Å²) in [5, 5.41) is 39.1. The Bertz CT molecular complexity index is 1160. The molecule has 1 aromatic carbocycles. The van der Waals surface area contributed by atoms with Crippen LogP contribution in [-0.2, 0) is 32.1 Å². The number of aromatic nitrogens is 4. The number of carboxylic acids is 4. The molecule has 0 saturated carbocycles. The highest BCUT2D eigenvalue weighted by Gasteiger charge is 2.19. The predicted molar refractivity (Wildman–Crippen MR) is 110 cm³/mol. The topological polar surface area (TPSA) is 216 Å². The first-order valence-corrected chi connectivity index (χ1v) is 10.5. The lowest BCUT2D eigenvalue weighted by atomic mass is 9.94. The van der Waals surface area contributed by atoms with Crippen LogP contribution in [0.1, 0.15) is 24.2 Å². The fourth-order valence-electron chi connectivity index (χ4n) is 3.36. The molecule has 0 amide bonds. The maximum atomic E-state index is 13.2. The Morgan fingerprint density at radius 1 is 0.944 bits per heavy atom. The van der Waals surface area contributed by atoms with Crippen molar-refractivity contribution in [3.63, 3.8) is 0 Å². The van der Waals surface area contributed by atoms with E-state index in [9.17, 15) is 4.39 Å². The van der Waals surface area contributed by atoms with E-state index in [-0.39, 0.29) is 5.82 Å². The summed E-state index contributed by atoms with van der Waals surface area (Å²) in [6.07, 6.45) is 6.60. The first kappa shape index (κ1) is 27.8. The molecule has 14 heteroatoms. The number of nitrogens with one attached hydrogen (secondary N) is 1. The number of halogens is 1. The van der Waals surface area contributed by atoms with Gasteiger partial charge in [-0.1, -0.05) is 12.1 Å². The first-order chi connectivity index (χ1) is 17.1. The Kier molecular flexibility index (Phi) is 10.4. The summed E-state index contributed by atoms with van der Waals surface area (Å²) >= 11 is 0. The van der Waals surface area contributed by atoms with Crippen LogP contribution in [0.5, 0.6) is 0 Å². The largest absolute Gasteiger partial charge is 0.543 e. The number of carbonyl (C=O) groups excluding carboxylic acids is 4. The van der Waals surface area contributed by atoms with Crippen molar-refractivity contribution in [1.29, 1.82) is 0 Å². The van der Waals surface area contributed by atoms with Crippen LogP contribution in [0.25, 0.3) is 11.2 Å². The Labute approximate surface area is 203 Å². The number of carbonyl (C=O) groups is 4. The van der Waals surface area contributed by atoms with E-state index in [1.54, 1.807) is 12.5 Å². The zero-order valence-corrected chi connectivity index (χ0v) is 18.7. The normalized spacial score (nSPS) is 13.0. The Balaban J connectivity index is 0.000000319. The van der Waals surface area contributed by atoms with Gasteiger partial charge in [0.15, 0.2) is 5.65 Å². The summed E-state index contributed by atoms with van der Waals surface area (Å²) in [5.41, 5.74) is 2.71. The zero-order chi connectivity index (χ0) is 26.7. The Morgan fingerprint density at radius 2 is 1.50 bits per heavy atom. The van der Waals surface area contributed by atoms with Gasteiger partial charge in [-0.3, -0.25) is 0 Å². The molecule has 1 aliphatic heterocycles. The van der Waals surface area contributed by atoms with Crippen LogP contribution in [0.3, 0.4) is 0 Å². The van der Waals surface area contributed by atoms with Gasteiger partial charge in [-0.15, -0.1) is 0 Å². The maximum Gasteiger partial charge on any atom is 0.163 e. The smallest absolute Gasteiger partial charge is 0.163 e. The number of benzene rings is 1. The van der Waals surface area contributed by atoms with Crippen LogP contribution < -0.4 is 25.7 Å². The van der Waals surface area contributed by atoms with E-state index in [0.29, 0.717) is 12.5 Å². The van der Waals surface area contributed by atoms with Crippen molar-refractivity contribution in [2.45, 2.75) is 25.8 Å². The summed E-state index contributed by atoms with van der Waals surface area (Å²) < 4.78 is 15.3. The number of imidazole rings is 1. The number of carboxylic acid groups (broad SMARTS) is 4. The average Bonchev–Trinajstić information content (AvgIpc) is 3.18. The molecule has 1 aliphatic rings. The van der Waals surface area contributed by atoms with Crippen molar-refractivity contribution in [1.82, 2.24) is 24.8 Å². The van der Waals surface area contributed by atoms with Crippen molar-refractivity contribution in [3.05, 3.63) is 54.0 Å². The third-order valence-electron chi connectivity index (χ3n) is 5.01. The van der Waals surface area contributed by atoms with Crippen molar-refractivity contribution in [2.75, 3.05) is 13.1 Å². The molecule has 13 nitrogen and oxygen atoms in total. The monoisotopic (exact) mass is 501 g/mol. The second-order valence-corrected chi connectivity index (χ2v) is 7.52. The number of piperidine rings is 1. The van der Waals surface area contributed by atoms with Crippen LogP contribution in [0.4, 0.5) is 4.39 Å². The number of aliphatic carboxylic acids is 4. The number of fused-ring (bicyclic) bond motifs is 1. The first-order valence-electron chi connectivity index (χ1n) is 10.5. The predicted octanol–water partition coefficient (Wildman–Crippen LogP) is -4.47. The zero-order valence-electron chi connectivity index (χ0n) is 18.7. The third-order valence-corrected chi connectivity index (χ3v) is 5.01. The highest BCUT2D eigenvalue weighted by Crippen LogP contribution is 2.22. The minimum atomic E-state index is -2.19. The average molecular weight is 501 g/mol. The molecule has 1 N–H and O–H groups in total. The van der Waals surface area contributed by atoms with Gasteiger partial charge in [0.25, 0.3) is 0 Å². The fourth-order valence-corrected chi connectivity index (χ4v) is 3.36. The molecule has 0 radical (unpaired) electrons. The van der Waals surface area contributed by atoms with Gasteiger partial charge < -0.3 is 49.5 Å². The molecule has 2 aromatic heterocycles. The van der Waals surface area contributed by atoms with Crippen molar-refractivity contribution >= 4 is 35.0 Å². The second kappa shape index (κ2) is 13.4. The number of hydrogen-bond donors (Lipinski definition) is 1. The van der Waals surface area contributed by atoms with Crippen molar-refractivity contribution in [3.8, 4) is 0 Å². The van der Waals surface area contributed by atoms with Crippen LogP contribution in [-0.4, -0.2) is 56.5 Å². The standard InChI is InChI=1S/C18H20FN5.2C2H2O4/c19-15-3-1-14(2-4-15)11-24-17(9-13-5-7-20-8-6-13)23-16-10-21-12-22-18(16)24;2*3-1(4)2(5)6/h1-4,10,12-13,20H,5-9,11H2;2*(H,3,4)(H,5,6)/p-4. The van der Waals surface area contributed by atoms with Crippen LogP contribution in [0.2, 0.25) is 0 Å². The molecule has 192 valence electrons. The quantitative estimate of drug-likeness (QED) is 0.335. The highest BCUT2D eigenvalue weighted by molar-refractivity contribution is 6.25.